The number of imidazole rings is 2. The van der Waals surface area contributed by atoms with Crippen molar-refractivity contribution in [2.75, 3.05) is 14.1 Å². The summed E-state index contributed by atoms with van der Waals surface area (Å²) in [6, 6.07) is 14.4. The summed E-state index contributed by atoms with van der Waals surface area (Å²) in [4.78, 5) is 14.7. The van der Waals surface area contributed by atoms with Crippen molar-refractivity contribution in [2.24, 2.45) is 0 Å². The van der Waals surface area contributed by atoms with Crippen molar-refractivity contribution in [3.8, 4) is 22.6 Å². The molecule has 144 valence electrons. The Bertz CT molecular complexity index is 1060. The van der Waals surface area contributed by atoms with Crippen LogP contribution in [-0.4, -0.2) is 38.5 Å². The lowest BCUT2D eigenvalue weighted by molar-refractivity contribution is 0.231. The summed E-state index contributed by atoms with van der Waals surface area (Å²) in [5.41, 5.74) is 4.97. The second-order valence-electron chi connectivity index (χ2n) is 7.26. The average Bonchev–Trinajstić information content (AvgIpc) is 3.40. The number of benzene rings is 1. The van der Waals surface area contributed by atoms with Gasteiger partial charge in [-0.05, 0) is 40.1 Å². The van der Waals surface area contributed by atoms with Crippen molar-refractivity contribution in [2.45, 2.75) is 26.4 Å². The quantitative estimate of drug-likeness (QED) is 0.541. The number of nitrogens with one attached hydrogen (secondary N) is 1. The number of aromatic nitrogens is 4. The Morgan fingerprint density at radius 3 is 2.43 bits per heavy atom. The highest BCUT2D eigenvalue weighted by atomic mass is 16.3. The van der Waals surface area contributed by atoms with Crippen molar-refractivity contribution >= 4 is 0 Å². The van der Waals surface area contributed by atoms with E-state index in [1.165, 1.54) is 0 Å². The summed E-state index contributed by atoms with van der Waals surface area (Å²) in [6.45, 7) is 4.72. The first-order valence-electron chi connectivity index (χ1n) is 9.38. The molecule has 3 heterocycles. The first-order valence-corrected chi connectivity index (χ1v) is 9.38. The van der Waals surface area contributed by atoms with Gasteiger partial charge < -0.3 is 14.0 Å². The van der Waals surface area contributed by atoms with Crippen LogP contribution in [0.3, 0.4) is 0 Å². The second kappa shape index (κ2) is 7.48. The van der Waals surface area contributed by atoms with E-state index in [2.05, 4.69) is 51.7 Å². The number of H-pyrrole nitrogens is 1. The fourth-order valence-electron chi connectivity index (χ4n) is 3.50. The van der Waals surface area contributed by atoms with Crippen molar-refractivity contribution in [3.63, 3.8) is 0 Å². The van der Waals surface area contributed by atoms with Crippen LogP contribution in [0.15, 0.2) is 59.5 Å². The molecule has 0 aliphatic rings. The summed E-state index contributed by atoms with van der Waals surface area (Å²) in [7, 11) is 4.13. The van der Waals surface area contributed by atoms with E-state index in [9.17, 15) is 0 Å². The van der Waals surface area contributed by atoms with Crippen LogP contribution in [0.1, 0.15) is 23.3 Å². The van der Waals surface area contributed by atoms with E-state index in [1.807, 2.05) is 44.4 Å². The fraction of sp³-hybridized carbons (Fsp3) is 0.273. The number of furan rings is 1. The summed E-state index contributed by atoms with van der Waals surface area (Å²) in [5, 5.41) is 0. The third-order valence-electron chi connectivity index (χ3n) is 5.02. The summed E-state index contributed by atoms with van der Waals surface area (Å²) < 4.78 is 8.10. The van der Waals surface area contributed by atoms with Gasteiger partial charge in [0.25, 0.3) is 0 Å². The molecule has 6 nitrogen and oxygen atoms in total. The number of hydrogen-bond acceptors (Lipinski definition) is 4. The zero-order valence-corrected chi connectivity index (χ0v) is 16.7. The number of rotatable bonds is 6. The third kappa shape index (κ3) is 3.39. The van der Waals surface area contributed by atoms with E-state index in [-0.39, 0.29) is 6.04 Å². The molecular formula is C22H25N5O. The molecule has 0 saturated heterocycles. The molecule has 0 radical (unpaired) electrons. The number of aromatic amines is 1. The van der Waals surface area contributed by atoms with Gasteiger partial charge in [-0.1, -0.05) is 30.3 Å². The van der Waals surface area contributed by atoms with Gasteiger partial charge in [-0.2, -0.15) is 0 Å². The van der Waals surface area contributed by atoms with Crippen LogP contribution in [0.2, 0.25) is 0 Å². The highest BCUT2D eigenvalue weighted by Gasteiger charge is 2.24. The van der Waals surface area contributed by atoms with Gasteiger partial charge in [0.2, 0.25) is 0 Å². The first-order chi connectivity index (χ1) is 13.5. The first kappa shape index (κ1) is 18.3. The molecule has 1 N–H and O–H groups in total. The third-order valence-corrected chi connectivity index (χ3v) is 5.02. The van der Waals surface area contributed by atoms with Crippen LogP contribution < -0.4 is 0 Å². The Morgan fingerprint density at radius 1 is 1.04 bits per heavy atom. The minimum Gasteiger partial charge on any atom is -0.465 e. The lowest BCUT2D eigenvalue weighted by Gasteiger charge is -2.23. The molecule has 6 heteroatoms. The van der Waals surface area contributed by atoms with Gasteiger partial charge in [0.1, 0.15) is 17.2 Å². The highest BCUT2D eigenvalue weighted by Crippen LogP contribution is 2.33. The number of likely N-dealkylation sites (N-methyl/N-ethyl adjacent to an activating group) is 1. The SMILES string of the molecule is Cc1ccc(C(Cn2cnc(-c3ccccc3)c2-c2nc[nH]c2C)N(C)C)o1. The van der Waals surface area contributed by atoms with Crippen LogP contribution in [0.25, 0.3) is 22.6 Å². The van der Waals surface area contributed by atoms with Crippen LogP contribution in [-0.2, 0) is 6.54 Å². The predicted octanol–water partition coefficient (Wildman–Crippen LogP) is 4.45. The molecule has 28 heavy (non-hydrogen) atoms. The smallest absolute Gasteiger partial charge is 0.123 e. The van der Waals surface area contributed by atoms with Gasteiger partial charge in [-0.25, -0.2) is 9.97 Å². The largest absolute Gasteiger partial charge is 0.465 e. The number of hydrogen-bond donors (Lipinski definition) is 1. The molecule has 4 aromatic rings. The fourth-order valence-corrected chi connectivity index (χ4v) is 3.50. The lowest BCUT2D eigenvalue weighted by atomic mass is 10.1. The summed E-state index contributed by atoms with van der Waals surface area (Å²) in [6.07, 6.45) is 3.63. The predicted molar refractivity (Wildman–Crippen MR) is 110 cm³/mol. The van der Waals surface area contributed by atoms with Gasteiger partial charge in [-0.3, -0.25) is 4.90 Å². The summed E-state index contributed by atoms with van der Waals surface area (Å²) in [5.74, 6) is 1.86. The molecule has 3 aromatic heterocycles. The molecule has 0 aliphatic heterocycles. The Kier molecular flexibility index (Phi) is 4.88. The Hall–Kier alpha value is -3.12. The maximum absolute atomic E-state index is 5.93. The Labute approximate surface area is 164 Å². The normalized spacial score (nSPS) is 12.6. The molecule has 0 fully saturated rings. The molecule has 0 saturated carbocycles. The molecule has 0 aliphatic carbocycles. The highest BCUT2D eigenvalue weighted by molar-refractivity contribution is 5.77. The van der Waals surface area contributed by atoms with E-state index in [0.717, 1.165) is 39.9 Å². The van der Waals surface area contributed by atoms with Crippen molar-refractivity contribution in [1.29, 1.82) is 0 Å². The second-order valence-corrected chi connectivity index (χ2v) is 7.26. The maximum Gasteiger partial charge on any atom is 0.123 e. The van der Waals surface area contributed by atoms with E-state index in [0.29, 0.717) is 6.54 Å². The minimum absolute atomic E-state index is 0.0875. The van der Waals surface area contributed by atoms with E-state index >= 15 is 0 Å². The Balaban J connectivity index is 1.81. The van der Waals surface area contributed by atoms with Crippen molar-refractivity contribution in [1.82, 2.24) is 24.4 Å². The van der Waals surface area contributed by atoms with Gasteiger partial charge in [0.15, 0.2) is 0 Å². The van der Waals surface area contributed by atoms with Crippen LogP contribution in [0, 0.1) is 13.8 Å². The zero-order chi connectivity index (χ0) is 19.7. The van der Waals surface area contributed by atoms with Crippen LogP contribution in [0.5, 0.6) is 0 Å². The summed E-state index contributed by atoms with van der Waals surface area (Å²) >= 11 is 0. The number of aryl methyl sites for hydroxylation is 2. The van der Waals surface area contributed by atoms with E-state index < -0.39 is 0 Å². The zero-order valence-electron chi connectivity index (χ0n) is 16.7. The van der Waals surface area contributed by atoms with Crippen molar-refractivity contribution < 1.29 is 4.42 Å². The van der Waals surface area contributed by atoms with Crippen molar-refractivity contribution in [3.05, 3.63) is 72.3 Å². The topological polar surface area (TPSA) is 62.9 Å². The standard InChI is InChI=1S/C22H25N5O/c1-15-10-11-19(28-15)18(26(3)4)12-27-14-25-21(17-8-6-5-7-9-17)22(27)20-16(2)23-13-24-20/h5-11,13-14,18H,12H2,1-4H3,(H,23,24). The van der Waals surface area contributed by atoms with Crippen LogP contribution >= 0.6 is 0 Å². The molecular weight excluding hydrogens is 350 g/mol. The molecule has 0 bridgehead atoms. The molecule has 0 spiro atoms. The van der Waals surface area contributed by atoms with E-state index in [4.69, 9.17) is 9.40 Å². The average molecular weight is 375 g/mol. The van der Waals surface area contributed by atoms with Crippen LogP contribution in [0.4, 0.5) is 0 Å². The van der Waals surface area contributed by atoms with E-state index in [1.54, 1.807) is 6.33 Å². The maximum atomic E-state index is 5.93. The molecule has 1 atom stereocenters. The minimum atomic E-state index is 0.0875. The molecule has 1 unspecified atom stereocenters. The lowest BCUT2D eigenvalue weighted by Crippen LogP contribution is -2.24. The molecule has 0 amide bonds. The van der Waals surface area contributed by atoms with Gasteiger partial charge in [0, 0.05) is 17.8 Å². The monoisotopic (exact) mass is 375 g/mol. The number of nitrogens with zero attached hydrogens (tertiary/aromatic N) is 4. The molecule has 4 rings (SSSR count). The molecule has 1 aromatic carbocycles. The van der Waals surface area contributed by atoms with Gasteiger partial charge >= 0.3 is 0 Å². The van der Waals surface area contributed by atoms with Gasteiger partial charge in [0.05, 0.1) is 30.1 Å². The Morgan fingerprint density at radius 2 is 1.82 bits per heavy atom. The van der Waals surface area contributed by atoms with Gasteiger partial charge in [-0.15, -0.1) is 0 Å².